The number of aryl methyl sites for hydroxylation is 1. The molecular weight excluding hydrogens is 312 g/mol. The second kappa shape index (κ2) is 7.45. The van der Waals surface area contributed by atoms with Gasteiger partial charge in [-0.2, -0.15) is 0 Å². The number of nitrogens with one attached hydrogen (secondary N) is 1. The maximum absolute atomic E-state index is 12.4. The average Bonchev–Trinajstić information content (AvgIpc) is 2.55. The van der Waals surface area contributed by atoms with Crippen LogP contribution in [0.15, 0.2) is 24.3 Å². The second-order valence-electron chi connectivity index (χ2n) is 6.21. The van der Waals surface area contributed by atoms with Crippen LogP contribution in [-0.2, 0) is 14.8 Å². The highest BCUT2D eigenvalue weighted by atomic mass is 32.2. The van der Waals surface area contributed by atoms with Crippen LogP contribution in [0.25, 0.3) is 0 Å². The van der Waals surface area contributed by atoms with Gasteiger partial charge in [-0.25, -0.2) is 12.7 Å². The summed E-state index contributed by atoms with van der Waals surface area (Å²) in [7, 11) is -3.14. The van der Waals surface area contributed by atoms with Crippen LogP contribution in [0.2, 0.25) is 0 Å². The molecule has 1 unspecified atom stereocenters. The van der Waals surface area contributed by atoms with E-state index >= 15 is 0 Å². The van der Waals surface area contributed by atoms with E-state index in [0.717, 1.165) is 5.56 Å². The number of nitrogens with zero attached hydrogens (tertiary/aromatic N) is 1. The van der Waals surface area contributed by atoms with Gasteiger partial charge in [-0.1, -0.05) is 29.8 Å². The standard InChI is InChI=1S/C17H26N2O3S/c1-4-23(21,22)19-11-9-16(10-12-19)17(20)18-14(3)15-7-5-13(2)6-8-15/h5-8,14,16H,4,9-12H2,1-3H3,(H,18,20). The third-order valence-electron chi connectivity index (χ3n) is 4.52. The van der Waals surface area contributed by atoms with Crippen LogP contribution in [0.4, 0.5) is 0 Å². The Balaban J connectivity index is 1.89. The summed E-state index contributed by atoms with van der Waals surface area (Å²) in [4.78, 5) is 12.4. The van der Waals surface area contributed by atoms with Gasteiger partial charge in [-0.3, -0.25) is 4.79 Å². The average molecular weight is 338 g/mol. The smallest absolute Gasteiger partial charge is 0.223 e. The number of rotatable bonds is 5. The van der Waals surface area contributed by atoms with Crippen LogP contribution in [0, 0.1) is 12.8 Å². The third kappa shape index (κ3) is 4.54. The monoisotopic (exact) mass is 338 g/mol. The van der Waals surface area contributed by atoms with Gasteiger partial charge in [0.2, 0.25) is 15.9 Å². The number of amides is 1. The summed E-state index contributed by atoms with van der Waals surface area (Å²) in [5.41, 5.74) is 2.27. The van der Waals surface area contributed by atoms with Gasteiger partial charge in [-0.15, -0.1) is 0 Å². The molecule has 1 aliphatic heterocycles. The molecule has 1 aromatic rings. The zero-order valence-corrected chi connectivity index (χ0v) is 14.9. The second-order valence-corrected chi connectivity index (χ2v) is 8.47. The maximum Gasteiger partial charge on any atom is 0.223 e. The first kappa shape index (κ1) is 17.9. The Hall–Kier alpha value is -1.40. The minimum Gasteiger partial charge on any atom is -0.349 e. The van der Waals surface area contributed by atoms with Gasteiger partial charge in [-0.05, 0) is 39.2 Å². The highest BCUT2D eigenvalue weighted by molar-refractivity contribution is 7.89. The van der Waals surface area contributed by atoms with E-state index in [2.05, 4.69) is 5.32 Å². The number of sulfonamides is 1. The molecule has 5 nitrogen and oxygen atoms in total. The molecule has 0 saturated carbocycles. The molecule has 1 fully saturated rings. The van der Waals surface area contributed by atoms with Crippen molar-refractivity contribution in [2.45, 2.75) is 39.7 Å². The van der Waals surface area contributed by atoms with Crippen molar-refractivity contribution in [1.29, 1.82) is 0 Å². The number of carbonyl (C=O) groups is 1. The SMILES string of the molecule is CCS(=O)(=O)N1CCC(C(=O)NC(C)c2ccc(C)cc2)CC1. The summed E-state index contributed by atoms with van der Waals surface area (Å²) < 4.78 is 25.2. The van der Waals surface area contributed by atoms with Crippen molar-refractivity contribution in [3.8, 4) is 0 Å². The molecule has 1 amide bonds. The van der Waals surface area contributed by atoms with Gasteiger partial charge < -0.3 is 5.32 Å². The minimum absolute atomic E-state index is 0.0200. The largest absolute Gasteiger partial charge is 0.349 e. The summed E-state index contributed by atoms with van der Waals surface area (Å²) in [6.07, 6.45) is 1.18. The molecule has 1 aliphatic rings. The van der Waals surface area contributed by atoms with E-state index in [1.54, 1.807) is 6.92 Å². The Morgan fingerprint density at radius 3 is 2.35 bits per heavy atom. The summed E-state index contributed by atoms with van der Waals surface area (Å²) in [5.74, 6) is 0.0340. The topological polar surface area (TPSA) is 66.5 Å². The number of hydrogen-bond donors (Lipinski definition) is 1. The lowest BCUT2D eigenvalue weighted by molar-refractivity contribution is -0.126. The predicted octanol–water partition coefficient (Wildman–Crippen LogP) is 2.23. The summed E-state index contributed by atoms with van der Waals surface area (Å²) in [6, 6.07) is 8.08. The fraction of sp³-hybridized carbons (Fsp3) is 0.588. The van der Waals surface area contributed by atoms with E-state index in [0.29, 0.717) is 25.9 Å². The maximum atomic E-state index is 12.4. The normalized spacial score (nSPS) is 18.6. The molecule has 1 heterocycles. The molecule has 0 aromatic heterocycles. The molecule has 0 bridgehead atoms. The van der Waals surface area contributed by atoms with Crippen molar-refractivity contribution in [2.75, 3.05) is 18.8 Å². The van der Waals surface area contributed by atoms with Crippen molar-refractivity contribution in [1.82, 2.24) is 9.62 Å². The Kier molecular flexibility index (Phi) is 5.81. The zero-order valence-electron chi connectivity index (χ0n) is 14.1. The Morgan fingerprint density at radius 2 is 1.83 bits per heavy atom. The molecule has 2 rings (SSSR count). The summed E-state index contributed by atoms with van der Waals surface area (Å²) in [6.45, 7) is 6.53. The molecular formula is C17H26N2O3S. The summed E-state index contributed by atoms with van der Waals surface area (Å²) >= 11 is 0. The molecule has 0 radical (unpaired) electrons. The number of carbonyl (C=O) groups excluding carboxylic acids is 1. The van der Waals surface area contributed by atoms with E-state index in [1.807, 2.05) is 38.1 Å². The number of hydrogen-bond acceptors (Lipinski definition) is 3. The molecule has 1 atom stereocenters. The van der Waals surface area contributed by atoms with E-state index in [1.165, 1.54) is 9.87 Å². The van der Waals surface area contributed by atoms with Crippen molar-refractivity contribution >= 4 is 15.9 Å². The van der Waals surface area contributed by atoms with Crippen molar-refractivity contribution in [2.24, 2.45) is 5.92 Å². The molecule has 23 heavy (non-hydrogen) atoms. The van der Waals surface area contributed by atoms with Gasteiger partial charge in [0, 0.05) is 19.0 Å². The first-order valence-electron chi connectivity index (χ1n) is 8.18. The molecule has 1 saturated heterocycles. The van der Waals surface area contributed by atoms with Gasteiger partial charge in [0.15, 0.2) is 0 Å². The highest BCUT2D eigenvalue weighted by Crippen LogP contribution is 2.21. The van der Waals surface area contributed by atoms with Crippen LogP contribution in [0.1, 0.15) is 43.9 Å². The predicted molar refractivity (Wildman–Crippen MR) is 91.5 cm³/mol. The number of benzene rings is 1. The van der Waals surface area contributed by atoms with Gasteiger partial charge in [0.1, 0.15) is 0 Å². The first-order valence-corrected chi connectivity index (χ1v) is 9.79. The van der Waals surface area contributed by atoms with Crippen LogP contribution < -0.4 is 5.32 Å². The quantitative estimate of drug-likeness (QED) is 0.895. The Morgan fingerprint density at radius 1 is 1.26 bits per heavy atom. The molecule has 1 N–H and O–H groups in total. The van der Waals surface area contributed by atoms with E-state index in [9.17, 15) is 13.2 Å². The fourth-order valence-corrected chi connectivity index (χ4v) is 3.98. The molecule has 0 spiro atoms. The van der Waals surface area contributed by atoms with E-state index in [4.69, 9.17) is 0 Å². The number of piperidine rings is 1. The molecule has 0 aliphatic carbocycles. The van der Waals surface area contributed by atoms with Crippen molar-refractivity contribution < 1.29 is 13.2 Å². The van der Waals surface area contributed by atoms with Crippen LogP contribution in [-0.4, -0.2) is 37.5 Å². The van der Waals surface area contributed by atoms with Gasteiger partial charge in [0.05, 0.1) is 11.8 Å². The lowest BCUT2D eigenvalue weighted by atomic mass is 9.96. The van der Waals surface area contributed by atoms with Gasteiger partial charge in [0.25, 0.3) is 0 Å². The van der Waals surface area contributed by atoms with E-state index in [-0.39, 0.29) is 23.6 Å². The molecule has 1 aromatic carbocycles. The van der Waals surface area contributed by atoms with Gasteiger partial charge >= 0.3 is 0 Å². The zero-order chi connectivity index (χ0) is 17.0. The molecule has 6 heteroatoms. The van der Waals surface area contributed by atoms with Crippen LogP contribution in [0.5, 0.6) is 0 Å². The lowest BCUT2D eigenvalue weighted by Crippen LogP contribution is -2.43. The van der Waals surface area contributed by atoms with Crippen LogP contribution >= 0.6 is 0 Å². The first-order chi connectivity index (χ1) is 10.8. The third-order valence-corrected chi connectivity index (χ3v) is 6.40. The van der Waals surface area contributed by atoms with E-state index < -0.39 is 10.0 Å². The summed E-state index contributed by atoms with van der Waals surface area (Å²) in [5, 5.41) is 3.05. The Labute approximate surface area is 139 Å². The van der Waals surface area contributed by atoms with Crippen molar-refractivity contribution in [3.05, 3.63) is 35.4 Å². The highest BCUT2D eigenvalue weighted by Gasteiger charge is 2.30. The van der Waals surface area contributed by atoms with Crippen molar-refractivity contribution in [3.63, 3.8) is 0 Å². The lowest BCUT2D eigenvalue weighted by Gasteiger charge is -2.31. The minimum atomic E-state index is -3.14. The van der Waals surface area contributed by atoms with Crippen LogP contribution in [0.3, 0.4) is 0 Å². The molecule has 128 valence electrons. The Bertz CT molecular complexity index is 632. The fourth-order valence-electron chi connectivity index (χ4n) is 2.85.